The van der Waals surface area contributed by atoms with Crippen LogP contribution >= 0.6 is 0 Å². The first kappa shape index (κ1) is 27.9. The Hall–Kier alpha value is -4.11. The van der Waals surface area contributed by atoms with Crippen LogP contribution in [0.4, 0.5) is 19.0 Å². The standard InChI is InChI=1S/C24H26F3N7O5/c1-13(12-35)34-20(30-31-32-34)17-5-4-6-19(28-17)29-21(36)16-9-15-11-33(8-7-14(15)10-18(16)39-3)22(37)23(2,38)24(25,26)27/h4-6,9-10,13,35,38H,7-8,11-12H2,1-3H3,(H,28,29,36)/t13-,23?/m1/s1. The molecule has 0 spiro atoms. The molecule has 15 heteroatoms. The second-order valence-electron chi connectivity index (χ2n) is 9.21. The molecule has 39 heavy (non-hydrogen) atoms. The molecular weight excluding hydrogens is 523 g/mol. The second kappa shape index (κ2) is 10.6. The normalized spacial score (nSPS) is 15.7. The largest absolute Gasteiger partial charge is 0.496 e. The highest BCUT2D eigenvalue weighted by Crippen LogP contribution is 2.34. The van der Waals surface area contributed by atoms with Crippen molar-refractivity contribution < 1.29 is 37.7 Å². The van der Waals surface area contributed by atoms with Gasteiger partial charge in [0.05, 0.1) is 25.3 Å². The van der Waals surface area contributed by atoms with Gasteiger partial charge in [0.15, 0.2) is 0 Å². The van der Waals surface area contributed by atoms with Gasteiger partial charge < -0.3 is 25.2 Å². The number of aliphatic hydroxyl groups is 2. The Morgan fingerprint density at radius 3 is 2.64 bits per heavy atom. The summed E-state index contributed by atoms with van der Waals surface area (Å²) in [4.78, 5) is 31.0. The summed E-state index contributed by atoms with van der Waals surface area (Å²) in [5.41, 5.74) is -2.00. The Morgan fingerprint density at radius 1 is 1.23 bits per heavy atom. The van der Waals surface area contributed by atoms with Gasteiger partial charge in [-0.15, -0.1) is 5.10 Å². The molecule has 0 saturated heterocycles. The Balaban J connectivity index is 1.59. The number of tetrazole rings is 1. The summed E-state index contributed by atoms with van der Waals surface area (Å²) in [5, 5.41) is 33.3. The van der Waals surface area contributed by atoms with Crippen LogP contribution in [0, 0.1) is 0 Å². The number of ether oxygens (including phenoxy) is 1. The molecule has 1 aliphatic rings. The average Bonchev–Trinajstić information content (AvgIpc) is 3.40. The number of fused-ring (bicyclic) bond motifs is 1. The number of hydrogen-bond donors (Lipinski definition) is 3. The fourth-order valence-electron chi connectivity index (χ4n) is 4.08. The molecule has 208 valence electrons. The van der Waals surface area contributed by atoms with Gasteiger partial charge in [-0.3, -0.25) is 9.59 Å². The molecule has 12 nitrogen and oxygen atoms in total. The van der Waals surface area contributed by atoms with Gasteiger partial charge in [-0.1, -0.05) is 6.07 Å². The predicted octanol–water partition coefficient (Wildman–Crippen LogP) is 1.75. The third kappa shape index (κ3) is 5.40. The van der Waals surface area contributed by atoms with Crippen LogP contribution in [-0.2, 0) is 17.8 Å². The number of aromatic nitrogens is 5. The van der Waals surface area contributed by atoms with Gasteiger partial charge in [0.1, 0.15) is 17.3 Å². The molecule has 2 amide bonds. The van der Waals surface area contributed by atoms with Crippen molar-refractivity contribution in [2.45, 2.75) is 44.6 Å². The number of carbonyl (C=O) groups is 2. The Bertz CT molecular complexity index is 1390. The summed E-state index contributed by atoms with van der Waals surface area (Å²) >= 11 is 0. The highest BCUT2D eigenvalue weighted by atomic mass is 19.4. The van der Waals surface area contributed by atoms with Crippen molar-refractivity contribution in [3.05, 3.63) is 47.0 Å². The number of pyridine rings is 1. The quantitative estimate of drug-likeness (QED) is 0.400. The summed E-state index contributed by atoms with van der Waals surface area (Å²) < 4.78 is 46.4. The van der Waals surface area contributed by atoms with E-state index in [0.717, 1.165) is 4.90 Å². The number of carbonyl (C=O) groups excluding carboxylic acids is 2. The van der Waals surface area contributed by atoms with Crippen LogP contribution in [0.25, 0.3) is 11.5 Å². The predicted molar refractivity (Wildman–Crippen MR) is 130 cm³/mol. The fraction of sp³-hybridized carbons (Fsp3) is 0.417. The molecule has 0 fully saturated rings. The highest BCUT2D eigenvalue weighted by Gasteiger charge is 2.57. The summed E-state index contributed by atoms with van der Waals surface area (Å²) in [6.07, 6.45) is -4.94. The van der Waals surface area contributed by atoms with Gasteiger partial charge in [0, 0.05) is 13.1 Å². The van der Waals surface area contributed by atoms with E-state index >= 15 is 0 Å². The van der Waals surface area contributed by atoms with Crippen molar-refractivity contribution >= 4 is 17.6 Å². The van der Waals surface area contributed by atoms with Crippen LogP contribution in [-0.4, -0.2) is 84.2 Å². The average molecular weight is 550 g/mol. The number of benzene rings is 1. The van der Waals surface area contributed by atoms with E-state index in [4.69, 9.17) is 4.74 Å². The first-order chi connectivity index (χ1) is 18.4. The first-order valence-corrected chi connectivity index (χ1v) is 11.8. The van der Waals surface area contributed by atoms with Crippen LogP contribution < -0.4 is 10.1 Å². The van der Waals surface area contributed by atoms with Crippen molar-refractivity contribution in [3.63, 3.8) is 0 Å². The van der Waals surface area contributed by atoms with E-state index in [2.05, 4.69) is 25.8 Å². The van der Waals surface area contributed by atoms with E-state index in [-0.39, 0.29) is 49.1 Å². The van der Waals surface area contributed by atoms with Crippen molar-refractivity contribution in [1.82, 2.24) is 30.1 Å². The number of halogens is 3. The van der Waals surface area contributed by atoms with E-state index in [1.807, 2.05) is 0 Å². The summed E-state index contributed by atoms with van der Waals surface area (Å²) in [6, 6.07) is 7.42. The Kier molecular flexibility index (Phi) is 7.57. The van der Waals surface area contributed by atoms with E-state index in [0.29, 0.717) is 23.7 Å². The molecule has 3 heterocycles. The first-order valence-electron chi connectivity index (χ1n) is 11.8. The third-order valence-corrected chi connectivity index (χ3v) is 6.43. The molecule has 0 aliphatic carbocycles. The lowest BCUT2D eigenvalue weighted by molar-refractivity contribution is -0.250. The Morgan fingerprint density at radius 2 is 1.97 bits per heavy atom. The smallest absolute Gasteiger partial charge is 0.426 e. The molecule has 3 aromatic rings. The van der Waals surface area contributed by atoms with Crippen LogP contribution in [0.3, 0.4) is 0 Å². The van der Waals surface area contributed by atoms with E-state index in [1.54, 1.807) is 25.1 Å². The molecule has 1 aliphatic heterocycles. The van der Waals surface area contributed by atoms with Crippen molar-refractivity contribution in [2.24, 2.45) is 0 Å². The Labute approximate surface area is 220 Å². The molecule has 1 unspecified atom stereocenters. The van der Waals surface area contributed by atoms with E-state index in [1.165, 1.54) is 23.9 Å². The van der Waals surface area contributed by atoms with Gasteiger partial charge in [0.2, 0.25) is 11.4 Å². The maximum atomic E-state index is 13.2. The van der Waals surface area contributed by atoms with Gasteiger partial charge in [-0.2, -0.15) is 13.2 Å². The number of anilines is 1. The van der Waals surface area contributed by atoms with Crippen LogP contribution in [0.5, 0.6) is 5.75 Å². The topological polar surface area (TPSA) is 156 Å². The molecule has 1 aromatic carbocycles. The van der Waals surface area contributed by atoms with E-state index < -0.39 is 29.6 Å². The molecule has 0 bridgehead atoms. The molecule has 2 aromatic heterocycles. The zero-order valence-electron chi connectivity index (χ0n) is 21.2. The van der Waals surface area contributed by atoms with Crippen molar-refractivity contribution in [1.29, 1.82) is 0 Å². The number of rotatable bonds is 7. The van der Waals surface area contributed by atoms with Gasteiger partial charge >= 0.3 is 6.18 Å². The fourth-order valence-corrected chi connectivity index (χ4v) is 4.08. The number of nitrogens with zero attached hydrogens (tertiary/aromatic N) is 6. The van der Waals surface area contributed by atoms with Gasteiger partial charge in [-0.05, 0) is 66.1 Å². The number of nitrogens with one attached hydrogen (secondary N) is 1. The molecule has 4 rings (SSSR count). The minimum atomic E-state index is -5.14. The lowest BCUT2D eigenvalue weighted by atomic mass is 9.94. The minimum Gasteiger partial charge on any atom is -0.496 e. The number of amides is 2. The molecule has 2 atom stereocenters. The maximum absolute atomic E-state index is 13.2. The number of hydrogen-bond acceptors (Lipinski definition) is 9. The molecule has 3 N–H and O–H groups in total. The third-order valence-electron chi connectivity index (χ3n) is 6.43. The summed E-state index contributed by atoms with van der Waals surface area (Å²) in [6.45, 7) is 1.65. The minimum absolute atomic E-state index is 0.0438. The maximum Gasteiger partial charge on any atom is 0.426 e. The number of alkyl halides is 3. The zero-order chi connectivity index (χ0) is 28.5. The highest BCUT2D eigenvalue weighted by molar-refractivity contribution is 6.06. The lowest BCUT2D eigenvalue weighted by Crippen LogP contribution is -2.56. The monoisotopic (exact) mass is 549 g/mol. The molecular formula is C24H26F3N7O5. The van der Waals surface area contributed by atoms with Crippen LogP contribution in [0.15, 0.2) is 30.3 Å². The summed E-state index contributed by atoms with van der Waals surface area (Å²) in [7, 11) is 1.37. The number of aliphatic hydroxyl groups excluding tert-OH is 1. The van der Waals surface area contributed by atoms with E-state index in [9.17, 15) is 33.0 Å². The zero-order valence-corrected chi connectivity index (χ0v) is 21.2. The van der Waals surface area contributed by atoms with Crippen molar-refractivity contribution in [3.8, 4) is 17.3 Å². The van der Waals surface area contributed by atoms with Gasteiger partial charge in [0.25, 0.3) is 11.8 Å². The van der Waals surface area contributed by atoms with Gasteiger partial charge in [-0.25, -0.2) is 9.67 Å². The SMILES string of the molecule is COc1cc2c(cc1C(=O)Nc1cccc(-c3nnnn3[C@H](C)CO)n1)CN(C(=O)C(C)(O)C(F)(F)F)CC2. The van der Waals surface area contributed by atoms with Crippen LogP contribution in [0.1, 0.15) is 41.4 Å². The van der Waals surface area contributed by atoms with Crippen molar-refractivity contribution in [2.75, 3.05) is 25.6 Å². The number of methoxy groups -OCH3 is 1. The summed E-state index contributed by atoms with van der Waals surface area (Å²) in [5.74, 6) is -1.43. The second-order valence-corrected chi connectivity index (χ2v) is 9.21. The lowest BCUT2D eigenvalue weighted by Gasteiger charge is -2.35. The van der Waals surface area contributed by atoms with Crippen LogP contribution in [0.2, 0.25) is 0 Å². The molecule has 0 saturated carbocycles. The molecule has 0 radical (unpaired) electrons.